The first kappa shape index (κ1) is 12.4. The highest BCUT2D eigenvalue weighted by Gasteiger charge is 2.00. The molecular formula is C11H18N4O. The SMILES string of the molecule is C=Cn1cc(CNCC(=O)NCCC)cn1. The zero-order valence-electron chi connectivity index (χ0n) is 9.57. The van der Waals surface area contributed by atoms with Crippen LogP contribution >= 0.6 is 0 Å². The fourth-order valence-electron chi connectivity index (χ4n) is 1.22. The van der Waals surface area contributed by atoms with Crippen molar-refractivity contribution in [2.75, 3.05) is 13.1 Å². The molecule has 0 fully saturated rings. The maximum atomic E-state index is 11.2. The number of nitrogens with one attached hydrogen (secondary N) is 2. The molecule has 2 N–H and O–H groups in total. The van der Waals surface area contributed by atoms with Crippen LogP contribution < -0.4 is 10.6 Å². The van der Waals surface area contributed by atoms with Gasteiger partial charge in [0.2, 0.25) is 5.91 Å². The molecule has 1 heterocycles. The lowest BCUT2D eigenvalue weighted by Crippen LogP contribution is -2.33. The molecule has 0 saturated heterocycles. The summed E-state index contributed by atoms with van der Waals surface area (Å²) in [6.45, 7) is 7.32. The maximum absolute atomic E-state index is 11.2. The Hall–Kier alpha value is -1.62. The van der Waals surface area contributed by atoms with Gasteiger partial charge in [0.05, 0.1) is 12.7 Å². The van der Waals surface area contributed by atoms with Gasteiger partial charge in [0.15, 0.2) is 0 Å². The van der Waals surface area contributed by atoms with Crippen molar-refractivity contribution >= 4 is 12.1 Å². The third kappa shape index (κ3) is 4.27. The van der Waals surface area contributed by atoms with E-state index in [4.69, 9.17) is 0 Å². The van der Waals surface area contributed by atoms with Gasteiger partial charge in [-0.05, 0) is 6.42 Å². The molecule has 5 heteroatoms. The number of rotatable bonds is 7. The molecule has 0 spiro atoms. The van der Waals surface area contributed by atoms with Gasteiger partial charge in [0.1, 0.15) is 0 Å². The van der Waals surface area contributed by atoms with Crippen LogP contribution in [0.3, 0.4) is 0 Å². The lowest BCUT2D eigenvalue weighted by atomic mass is 10.3. The van der Waals surface area contributed by atoms with Gasteiger partial charge in [-0.25, -0.2) is 4.68 Å². The highest BCUT2D eigenvalue weighted by Crippen LogP contribution is 1.96. The summed E-state index contributed by atoms with van der Waals surface area (Å²) in [5.41, 5.74) is 1.03. The third-order valence-corrected chi connectivity index (χ3v) is 2.03. The number of amides is 1. The summed E-state index contributed by atoms with van der Waals surface area (Å²) < 4.78 is 1.63. The fourth-order valence-corrected chi connectivity index (χ4v) is 1.22. The quantitative estimate of drug-likeness (QED) is 0.710. The van der Waals surface area contributed by atoms with Crippen LogP contribution in [0, 0.1) is 0 Å². The van der Waals surface area contributed by atoms with E-state index in [1.807, 2.05) is 13.1 Å². The normalized spacial score (nSPS) is 10.1. The molecular weight excluding hydrogens is 204 g/mol. The maximum Gasteiger partial charge on any atom is 0.233 e. The molecule has 0 radical (unpaired) electrons. The van der Waals surface area contributed by atoms with Crippen LogP contribution in [0.4, 0.5) is 0 Å². The molecule has 0 unspecified atom stereocenters. The van der Waals surface area contributed by atoms with E-state index in [0.29, 0.717) is 13.1 Å². The first-order valence-corrected chi connectivity index (χ1v) is 5.39. The molecule has 1 aromatic heterocycles. The fraction of sp³-hybridized carbons (Fsp3) is 0.455. The molecule has 1 aromatic rings. The molecule has 0 aliphatic rings. The van der Waals surface area contributed by atoms with Gasteiger partial charge in [-0.1, -0.05) is 13.5 Å². The lowest BCUT2D eigenvalue weighted by molar-refractivity contribution is -0.120. The Morgan fingerprint density at radius 1 is 1.69 bits per heavy atom. The van der Waals surface area contributed by atoms with Gasteiger partial charge in [-0.2, -0.15) is 5.10 Å². The van der Waals surface area contributed by atoms with Gasteiger partial charge in [0.25, 0.3) is 0 Å². The predicted octanol–water partition coefficient (Wildman–Crippen LogP) is 0.599. The van der Waals surface area contributed by atoms with E-state index in [0.717, 1.165) is 18.5 Å². The van der Waals surface area contributed by atoms with Crippen LogP contribution in [0.15, 0.2) is 19.0 Å². The van der Waals surface area contributed by atoms with Crippen molar-refractivity contribution in [1.82, 2.24) is 20.4 Å². The number of carbonyl (C=O) groups excluding carboxylic acids is 1. The monoisotopic (exact) mass is 222 g/mol. The van der Waals surface area contributed by atoms with Gasteiger partial charge in [0, 0.05) is 31.0 Å². The Labute approximate surface area is 95.5 Å². The molecule has 0 saturated carbocycles. The molecule has 0 atom stereocenters. The molecule has 88 valence electrons. The van der Waals surface area contributed by atoms with Crippen molar-refractivity contribution in [1.29, 1.82) is 0 Å². The first-order valence-electron chi connectivity index (χ1n) is 5.39. The number of aromatic nitrogens is 2. The van der Waals surface area contributed by atoms with E-state index < -0.39 is 0 Å². The second kappa shape index (κ2) is 6.79. The van der Waals surface area contributed by atoms with Gasteiger partial charge in [-0.3, -0.25) is 4.79 Å². The molecule has 0 aliphatic carbocycles. The topological polar surface area (TPSA) is 59.0 Å². The highest BCUT2D eigenvalue weighted by molar-refractivity contribution is 5.77. The summed E-state index contributed by atoms with van der Waals surface area (Å²) in [5.74, 6) is 0.0259. The smallest absolute Gasteiger partial charge is 0.233 e. The third-order valence-electron chi connectivity index (χ3n) is 2.03. The van der Waals surface area contributed by atoms with Gasteiger partial charge >= 0.3 is 0 Å². The summed E-state index contributed by atoms with van der Waals surface area (Å²) in [4.78, 5) is 11.2. The van der Waals surface area contributed by atoms with E-state index >= 15 is 0 Å². The van der Waals surface area contributed by atoms with E-state index in [9.17, 15) is 4.79 Å². The van der Waals surface area contributed by atoms with Crippen molar-refractivity contribution in [3.05, 3.63) is 24.5 Å². The average molecular weight is 222 g/mol. The summed E-state index contributed by atoms with van der Waals surface area (Å²) in [5, 5.41) is 9.88. The standard InChI is InChI=1S/C11H18N4O/c1-3-5-13-11(16)8-12-6-10-7-14-15(4-2)9-10/h4,7,9,12H,2-3,5-6,8H2,1H3,(H,13,16). The Balaban J connectivity index is 2.19. The van der Waals surface area contributed by atoms with Crippen molar-refractivity contribution in [2.45, 2.75) is 19.9 Å². The molecule has 0 aliphatic heterocycles. The first-order chi connectivity index (χ1) is 7.76. The highest BCUT2D eigenvalue weighted by atomic mass is 16.1. The Morgan fingerprint density at radius 2 is 2.50 bits per heavy atom. The van der Waals surface area contributed by atoms with Crippen LogP contribution in [-0.4, -0.2) is 28.8 Å². The van der Waals surface area contributed by atoms with Crippen LogP contribution in [0.5, 0.6) is 0 Å². The molecule has 0 bridgehead atoms. The van der Waals surface area contributed by atoms with Crippen LogP contribution in [0.2, 0.25) is 0 Å². The molecule has 1 rings (SSSR count). The Kier molecular flexibility index (Phi) is 5.28. The van der Waals surface area contributed by atoms with E-state index in [-0.39, 0.29) is 5.91 Å². The van der Waals surface area contributed by atoms with E-state index in [1.165, 1.54) is 0 Å². The minimum absolute atomic E-state index is 0.0259. The van der Waals surface area contributed by atoms with Crippen molar-refractivity contribution < 1.29 is 4.79 Å². The molecule has 16 heavy (non-hydrogen) atoms. The van der Waals surface area contributed by atoms with Crippen LogP contribution in [-0.2, 0) is 11.3 Å². The molecule has 0 aromatic carbocycles. The number of hydrogen-bond donors (Lipinski definition) is 2. The second-order valence-electron chi connectivity index (χ2n) is 3.46. The lowest BCUT2D eigenvalue weighted by Gasteiger charge is -2.04. The van der Waals surface area contributed by atoms with Gasteiger partial charge in [-0.15, -0.1) is 0 Å². The van der Waals surface area contributed by atoms with Crippen molar-refractivity contribution in [3.8, 4) is 0 Å². The number of hydrogen-bond acceptors (Lipinski definition) is 3. The van der Waals surface area contributed by atoms with Gasteiger partial charge < -0.3 is 10.6 Å². The second-order valence-corrected chi connectivity index (χ2v) is 3.46. The minimum atomic E-state index is 0.0259. The number of carbonyl (C=O) groups is 1. The van der Waals surface area contributed by atoms with E-state index in [1.54, 1.807) is 17.1 Å². The zero-order chi connectivity index (χ0) is 11.8. The van der Waals surface area contributed by atoms with Crippen molar-refractivity contribution in [3.63, 3.8) is 0 Å². The predicted molar refractivity (Wildman–Crippen MR) is 63.6 cm³/mol. The van der Waals surface area contributed by atoms with Crippen LogP contribution in [0.25, 0.3) is 6.20 Å². The summed E-state index contributed by atoms with van der Waals surface area (Å²) in [6, 6.07) is 0. The summed E-state index contributed by atoms with van der Waals surface area (Å²) in [7, 11) is 0. The summed E-state index contributed by atoms with van der Waals surface area (Å²) >= 11 is 0. The average Bonchev–Trinajstić information content (AvgIpc) is 2.74. The Morgan fingerprint density at radius 3 is 3.12 bits per heavy atom. The van der Waals surface area contributed by atoms with Crippen molar-refractivity contribution in [2.24, 2.45) is 0 Å². The number of nitrogens with zero attached hydrogens (tertiary/aromatic N) is 2. The summed E-state index contributed by atoms with van der Waals surface area (Å²) in [6.07, 6.45) is 6.19. The van der Waals surface area contributed by atoms with E-state index in [2.05, 4.69) is 22.3 Å². The molecule has 1 amide bonds. The van der Waals surface area contributed by atoms with Crippen LogP contribution in [0.1, 0.15) is 18.9 Å². The zero-order valence-corrected chi connectivity index (χ0v) is 9.57. The largest absolute Gasteiger partial charge is 0.355 e. The Bertz CT molecular complexity index is 346. The minimum Gasteiger partial charge on any atom is -0.355 e. The molecule has 5 nitrogen and oxygen atoms in total.